The zero-order valence-corrected chi connectivity index (χ0v) is 13.8. The highest BCUT2D eigenvalue weighted by molar-refractivity contribution is 5.85. The van der Waals surface area contributed by atoms with Gasteiger partial charge in [0.2, 0.25) is 5.91 Å². The summed E-state index contributed by atoms with van der Waals surface area (Å²) in [6, 6.07) is 10.1. The van der Waals surface area contributed by atoms with Crippen molar-refractivity contribution in [2.24, 2.45) is 11.8 Å². The highest BCUT2D eigenvalue weighted by Gasteiger charge is 2.24. The molecule has 1 aromatic carbocycles. The second-order valence-electron chi connectivity index (χ2n) is 6.07. The topological polar surface area (TPSA) is 41.1 Å². The number of hydrogen-bond acceptors (Lipinski definition) is 2. The van der Waals surface area contributed by atoms with Crippen LogP contribution in [0.15, 0.2) is 30.3 Å². The van der Waals surface area contributed by atoms with E-state index in [0.29, 0.717) is 5.92 Å². The van der Waals surface area contributed by atoms with Gasteiger partial charge in [-0.15, -0.1) is 12.4 Å². The van der Waals surface area contributed by atoms with Crippen LogP contribution in [0.25, 0.3) is 0 Å². The molecular formula is C17H27ClN2O. The van der Waals surface area contributed by atoms with Crippen LogP contribution in [0.3, 0.4) is 0 Å². The molecule has 4 heteroatoms. The minimum Gasteiger partial charge on any atom is -0.356 e. The molecule has 1 amide bonds. The van der Waals surface area contributed by atoms with Crippen molar-refractivity contribution in [1.82, 2.24) is 10.6 Å². The van der Waals surface area contributed by atoms with Crippen LogP contribution in [0.5, 0.6) is 0 Å². The third-order valence-electron chi connectivity index (χ3n) is 4.12. The molecule has 2 N–H and O–H groups in total. The molecule has 0 spiro atoms. The third kappa shape index (κ3) is 5.33. The summed E-state index contributed by atoms with van der Waals surface area (Å²) in [5, 5.41) is 6.49. The Kier molecular flexibility index (Phi) is 7.76. The molecular weight excluding hydrogens is 284 g/mol. The van der Waals surface area contributed by atoms with E-state index in [1.807, 2.05) is 30.3 Å². The lowest BCUT2D eigenvalue weighted by molar-refractivity contribution is -0.123. The minimum atomic E-state index is -0.0436. The second kappa shape index (κ2) is 9.06. The fraction of sp³-hybridized carbons (Fsp3) is 0.588. The number of carbonyl (C=O) groups excluding carboxylic acids is 1. The van der Waals surface area contributed by atoms with Crippen molar-refractivity contribution in [3.8, 4) is 0 Å². The van der Waals surface area contributed by atoms with Crippen molar-refractivity contribution in [3.05, 3.63) is 35.9 Å². The molecule has 0 aromatic heterocycles. The van der Waals surface area contributed by atoms with E-state index in [4.69, 9.17) is 0 Å². The van der Waals surface area contributed by atoms with Gasteiger partial charge in [-0.3, -0.25) is 4.79 Å². The Morgan fingerprint density at radius 1 is 1.33 bits per heavy atom. The Morgan fingerprint density at radius 2 is 2.05 bits per heavy atom. The molecule has 2 rings (SSSR count). The number of rotatable bonds is 6. The molecule has 0 radical (unpaired) electrons. The summed E-state index contributed by atoms with van der Waals surface area (Å²) < 4.78 is 0. The summed E-state index contributed by atoms with van der Waals surface area (Å²) in [6.07, 6.45) is 2.32. The van der Waals surface area contributed by atoms with Crippen molar-refractivity contribution in [3.63, 3.8) is 0 Å². The molecule has 1 heterocycles. The first-order valence-electron chi connectivity index (χ1n) is 7.72. The molecule has 2 atom stereocenters. The summed E-state index contributed by atoms with van der Waals surface area (Å²) in [4.78, 5) is 12.4. The molecule has 0 saturated carbocycles. The van der Waals surface area contributed by atoms with Crippen molar-refractivity contribution in [2.75, 3.05) is 19.6 Å². The van der Waals surface area contributed by atoms with Gasteiger partial charge in [-0.05, 0) is 43.3 Å². The monoisotopic (exact) mass is 310 g/mol. The molecule has 1 fully saturated rings. The summed E-state index contributed by atoms with van der Waals surface area (Å²) in [5.41, 5.74) is 1.11. The zero-order valence-electron chi connectivity index (χ0n) is 13.0. The molecule has 21 heavy (non-hydrogen) atoms. The Bertz CT molecular complexity index is 416. The maximum atomic E-state index is 12.4. The summed E-state index contributed by atoms with van der Waals surface area (Å²) >= 11 is 0. The third-order valence-corrected chi connectivity index (χ3v) is 4.12. The lowest BCUT2D eigenvalue weighted by Gasteiger charge is -2.21. The van der Waals surface area contributed by atoms with Crippen LogP contribution in [-0.4, -0.2) is 25.5 Å². The predicted molar refractivity (Wildman–Crippen MR) is 89.9 cm³/mol. The summed E-state index contributed by atoms with van der Waals surface area (Å²) in [6.45, 7) is 7.23. The average molecular weight is 311 g/mol. The molecule has 0 aliphatic carbocycles. The van der Waals surface area contributed by atoms with Gasteiger partial charge in [0, 0.05) is 6.54 Å². The van der Waals surface area contributed by atoms with Crippen LogP contribution in [0, 0.1) is 11.8 Å². The largest absolute Gasteiger partial charge is 0.356 e. The van der Waals surface area contributed by atoms with Crippen molar-refractivity contribution < 1.29 is 4.79 Å². The van der Waals surface area contributed by atoms with Crippen LogP contribution in [0.2, 0.25) is 0 Å². The zero-order chi connectivity index (χ0) is 14.4. The van der Waals surface area contributed by atoms with Crippen molar-refractivity contribution in [1.29, 1.82) is 0 Å². The van der Waals surface area contributed by atoms with E-state index in [-0.39, 0.29) is 24.2 Å². The maximum Gasteiger partial charge on any atom is 0.227 e. The maximum absolute atomic E-state index is 12.4. The van der Waals surface area contributed by atoms with Gasteiger partial charge in [-0.25, -0.2) is 0 Å². The number of nitrogens with one attached hydrogen (secondary N) is 2. The van der Waals surface area contributed by atoms with Crippen LogP contribution in [0.1, 0.15) is 38.2 Å². The van der Waals surface area contributed by atoms with Crippen LogP contribution in [-0.2, 0) is 4.79 Å². The second-order valence-corrected chi connectivity index (χ2v) is 6.07. The standard InChI is InChI=1S/C17H26N2O.ClH/c1-13(2)16(15-6-4-3-5-7-15)17(20)19-11-9-14-8-10-18-12-14;/h3-7,13-14,16,18H,8-12H2,1-2H3,(H,19,20);1H. The van der Waals surface area contributed by atoms with E-state index in [1.165, 1.54) is 6.42 Å². The SMILES string of the molecule is CC(C)C(C(=O)NCCC1CCNC1)c1ccccc1.Cl. The molecule has 1 aliphatic rings. The fourth-order valence-electron chi connectivity index (χ4n) is 2.97. The van der Waals surface area contributed by atoms with E-state index in [0.717, 1.165) is 37.5 Å². The molecule has 1 aromatic rings. The van der Waals surface area contributed by atoms with Crippen LogP contribution in [0.4, 0.5) is 0 Å². The molecule has 2 unspecified atom stereocenters. The number of carbonyl (C=O) groups is 1. The van der Waals surface area contributed by atoms with E-state index in [2.05, 4.69) is 24.5 Å². The van der Waals surface area contributed by atoms with Crippen molar-refractivity contribution in [2.45, 2.75) is 32.6 Å². The Balaban J connectivity index is 0.00000220. The van der Waals surface area contributed by atoms with Gasteiger partial charge in [0.05, 0.1) is 5.92 Å². The van der Waals surface area contributed by atoms with Gasteiger partial charge >= 0.3 is 0 Å². The smallest absolute Gasteiger partial charge is 0.227 e. The van der Waals surface area contributed by atoms with Gasteiger partial charge < -0.3 is 10.6 Å². The summed E-state index contributed by atoms with van der Waals surface area (Å²) in [5.74, 6) is 1.16. The van der Waals surface area contributed by atoms with E-state index < -0.39 is 0 Å². The van der Waals surface area contributed by atoms with Gasteiger partial charge in [0.15, 0.2) is 0 Å². The Morgan fingerprint density at radius 3 is 2.62 bits per heavy atom. The number of benzene rings is 1. The Hall–Kier alpha value is -1.06. The lowest BCUT2D eigenvalue weighted by atomic mass is 9.87. The number of halogens is 1. The number of hydrogen-bond donors (Lipinski definition) is 2. The first-order chi connectivity index (χ1) is 9.68. The molecule has 118 valence electrons. The molecule has 0 bridgehead atoms. The van der Waals surface area contributed by atoms with Gasteiger partial charge in [0.1, 0.15) is 0 Å². The highest BCUT2D eigenvalue weighted by Crippen LogP contribution is 2.24. The van der Waals surface area contributed by atoms with Gasteiger partial charge in [0.25, 0.3) is 0 Å². The lowest BCUT2D eigenvalue weighted by Crippen LogP contribution is -2.33. The normalized spacial score (nSPS) is 19.1. The van der Waals surface area contributed by atoms with Crippen LogP contribution >= 0.6 is 12.4 Å². The fourth-order valence-corrected chi connectivity index (χ4v) is 2.97. The highest BCUT2D eigenvalue weighted by atomic mass is 35.5. The first-order valence-corrected chi connectivity index (χ1v) is 7.72. The minimum absolute atomic E-state index is 0. The van der Waals surface area contributed by atoms with E-state index in [9.17, 15) is 4.79 Å². The predicted octanol–water partition coefficient (Wildman–Crippen LogP) is 2.96. The van der Waals surface area contributed by atoms with Gasteiger partial charge in [-0.2, -0.15) is 0 Å². The first kappa shape index (κ1) is 18.0. The van der Waals surface area contributed by atoms with Crippen LogP contribution < -0.4 is 10.6 Å². The van der Waals surface area contributed by atoms with E-state index in [1.54, 1.807) is 0 Å². The average Bonchev–Trinajstić information content (AvgIpc) is 2.93. The number of amides is 1. The van der Waals surface area contributed by atoms with E-state index >= 15 is 0 Å². The molecule has 1 aliphatic heterocycles. The summed E-state index contributed by atoms with van der Waals surface area (Å²) in [7, 11) is 0. The molecule has 3 nitrogen and oxygen atoms in total. The Labute approximate surface area is 134 Å². The quantitative estimate of drug-likeness (QED) is 0.848. The van der Waals surface area contributed by atoms with Gasteiger partial charge in [-0.1, -0.05) is 44.2 Å². The van der Waals surface area contributed by atoms with Crippen molar-refractivity contribution >= 4 is 18.3 Å². The molecule has 1 saturated heterocycles.